The number of aromatic nitrogens is 1. The lowest BCUT2D eigenvalue weighted by Gasteiger charge is -2.15. The Kier molecular flexibility index (Phi) is 4.37. The third-order valence-corrected chi connectivity index (χ3v) is 2.21. The number of rotatable bonds is 6. The molecule has 15 heavy (non-hydrogen) atoms. The SMILES string of the molecule is CC(C)CC(NCc1ccc[nH]1)C(=O)O. The molecule has 0 spiro atoms. The van der Waals surface area contributed by atoms with Gasteiger partial charge >= 0.3 is 5.97 Å². The summed E-state index contributed by atoms with van der Waals surface area (Å²) >= 11 is 0. The lowest BCUT2D eigenvalue weighted by molar-refractivity contribution is -0.140. The number of nitrogens with one attached hydrogen (secondary N) is 2. The molecule has 0 aliphatic heterocycles. The Morgan fingerprint density at radius 2 is 2.33 bits per heavy atom. The van der Waals surface area contributed by atoms with E-state index in [1.165, 1.54) is 0 Å². The molecule has 0 aromatic carbocycles. The van der Waals surface area contributed by atoms with Crippen LogP contribution in [0.2, 0.25) is 0 Å². The second kappa shape index (κ2) is 5.56. The van der Waals surface area contributed by atoms with E-state index in [0.29, 0.717) is 18.9 Å². The average Bonchev–Trinajstić information content (AvgIpc) is 2.63. The van der Waals surface area contributed by atoms with Gasteiger partial charge in [0, 0.05) is 18.4 Å². The summed E-state index contributed by atoms with van der Waals surface area (Å²) in [7, 11) is 0. The van der Waals surface area contributed by atoms with Crippen molar-refractivity contribution in [2.75, 3.05) is 0 Å². The maximum atomic E-state index is 10.9. The summed E-state index contributed by atoms with van der Waals surface area (Å²) in [6.07, 6.45) is 2.48. The van der Waals surface area contributed by atoms with Crippen LogP contribution in [0.1, 0.15) is 26.0 Å². The Bertz CT molecular complexity index is 294. The Balaban J connectivity index is 2.41. The third-order valence-electron chi connectivity index (χ3n) is 2.21. The first-order valence-corrected chi connectivity index (χ1v) is 5.18. The molecule has 1 aromatic heterocycles. The third kappa shape index (κ3) is 4.16. The van der Waals surface area contributed by atoms with Crippen LogP contribution in [-0.4, -0.2) is 22.1 Å². The molecule has 0 radical (unpaired) electrons. The van der Waals surface area contributed by atoms with Gasteiger partial charge in [-0.15, -0.1) is 0 Å². The van der Waals surface area contributed by atoms with Crippen LogP contribution >= 0.6 is 0 Å². The van der Waals surface area contributed by atoms with E-state index in [1.54, 1.807) is 0 Å². The van der Waals surface area contributed by atoms with E-state index in [0.717, 1.165) is 5.69 Å². The summed E-state index contributed by atoms with van der Waals surface area (Å²) in [4.78, 5) is 14.0. The number of hydrogen-bond acceptors (Lipinski definition) is 2. The van der Waals surface area contributed by atoms with Gasteiger partial charge in [0.25, 0.3) is 0 Å². The molecular weight excluding hydrogens is 192 g/mol. The standard InChI is InChI=1S/C11H18N2O2/c1-8(2)6-10(11(14)15)13-7-9-4-3-5-12-9/h3-5,8,10,12-13H,6-7H2,1-2H3,(H,14,15). The Morgan fingerprint density at radius 1 is 1.60 bits per heavy atom. The zero-order valence-corrected chi connectivity index (χ0v) is 9.16. The molecule has 1 heterocycles. The van der Waals surface area contributed by atoms with E-state index < -0.39 is 12.0 Å². The van der Waals surface area contributed by atoms with Gasteiger partial charge in [0.2, 0.25) is 0 Å². The molecule has 4 nitrogen and oxygen atoms in total. The normalized spacial score (nSPS) is 13.0. The molecule has 1 atom stereocenters. The fourth-order valence-electron chi connectivity index (χ4n) is 1.45. The predicted molar refractivity (Wildman–Crippen MR) is 58.5 cm³/mol. The highest BCUT2D eigenvalue weighted by Gasteiger charge is 2.17. The van der Waals surface area contributed by atoms with Gasteiger partial charge < -0.3 is 10.1 Å². The van der Waals surface area contributed by atoms with E-state index in [4.69, 9.17) is 5.11 Å². The van der Waals surface area contributed by atoms with Crippen molar-refractivity contribution in [2.24, 2.45) is 5.92 Å². The topological polar surface area (TPSA) is 65.1 Å². The van der Waals surface area contributed by atoms with Crippen molar-refractivity contribution in [3.05, 3.63) is 24.0 Å². The van der Waals surface area contributed by atoms with Gasteiger partial charge in [-0.3, -0.25) is 10.1 Å². The molecule has 84 valence electrons. The number of carboxylic acids is 1. The zero-order valence-electron chi connectivity index (χ0n) is 9.16. The highest BCUT2D eigenvalue weighted by Crippen LogP contribution is 2.05. The van der Waals surface area contributed by atoms with Crippen LogP contribution in [0.5, 0.6) is 0 Å². The van der Waals surface area contributed by atoms with Crippen LogP contribution in [0.3, 0.4) is 0 Å². The van der Waals surface area contributed by atoms with Crippen molar-refractivity contribution in [2.45, 2.75) is 32.9 Å². The van der Waals surface area contributed by atoms with E-state index in [9.17, 15) is 4.79 Å². The van der Waals surface area contributed by atoms with Crippen molar-refractivity contribution in [1.82, 2.24) is 10.3 Å². The molecule has 0 aliphatic rings. The maximum absolute atomic E-state index is 10.9. The van der Waals surface area contributed by atoms with Gasteiger partial charge in [0.1, 0.15) is 6.04 Å². The number of carboxylic acid groups (broad SMARTS) is 1. The van der Waals surface area contributed by atoms with Crippen molar-refractivity contribution in [3.8, 4) is 0 Å². The molecule has 0 amide bonds. The molecule has 4 heteroatoms. The fourth-order valence-corrected chi connectivity index (χ4v) is 1.45. The number of carbonyl (C=O) groups is 1. The van der Waals surface area contributed by atoms with Gasteiger partial charge in [0.15, 0.2) is 0 Å². The number of hydrogen-bond donors (Lipinski definition) is 3. The summed E-state index contributed by atoms with van der Waals surface area (Å²) in [6, 6.07) is 3.37. The zero-order chi connectivity index (χ0) is 11.3. The quantitative estimate of drug-likeness (QED) is 0.668. The van der Waals surface area contributed by atoms with E-state index in [-0.39, 0.29) is 0 Å². The molecule has 0 aliphatic carbocycles. The van der Waals surface area contributed by atoms with Crippen LogP contribution in [0.15, 0.2) is 18.3 Å². The van der Waals surface area contributed by atoms with E-state index in [2.05, 4.69) is 10.3 Å². The largest absolute Gasteiger partial charge is 0.480 e. The first kappa shape index (κ1) is 11.8. The smallest absolute Gasteiger partial charge is 0.320 e. The predicted octanol–water partition coefficient (Wildman–Crippen LogP) is 1.60. The van der Waals surface area contributed by atoms with Gasteiger partial charge in [-0.05, 0) is 24.5 Å². The van der Waals surface area contributed by atoms with E-state index >= 15 is 0 Å². The lowest BCUT2D eigenvalue weighted by Crippen LogP contribution is -2.37. The molecule has 3 N–H and O–H groups in total. The molecule has 1 aromatic rings. The van der Waals surface area contributed by atoms with Gasteiger partial charge in [-0.2, -0.15) is 0 Å². The van der Waals surface area contributed by atoms with Gasteiger partial charge in [-0.25, -0.2) is 0 Å². The molecule has 1 rings (SSSR count). The average molecular weight is 210 g/mol. The summed E-state index contributed by atoms with van der Waals surface area (Å²) in [5.74, 6) is -0.405. The highest BCUT2D eigenvalue weighted by molar-refractivity contribution is 5.73. The Labute approximate surface area is 89.7 Å². The fraction of sp³-hybridized carbons (Fsp3) is 0.545. The second-order valence-corrected chi connectivity index (χ2v) is 4.10. The minimum Gasteiger partial charge on any atom is -0.480 e. The van der Waals surface area contributed by atoms with Gasteiger partial charge in [0.05, 0.1) is 0 Å². The highest BCUT2D eigenvalue weighted by atomic mass is 16.4. The first-order valence-electron chi connectivity index (χ1n) is 5.18. The Morgan fingerprint density at radius 3 is 2.80 bits per heavy atom. The molecule has 0 fully saturated rings. The lowest BCUT2D eigenvalue weighted by atomic mass is 10.0. The van der Waals surface area contributed by atoms with Gasteiger partial charge in [-0.1, -0.05) is 13.8 Å². The summed E-state index contributed by atoms with van der Waals surface area (Å²) in [5, 5.41) is 12.0. The molecule has 0 bridgehead atoms. The number of H-pyrrole nitrogens is 1. The van der Waals surface area contributed by atoms with Crippen molar-refractivity contribution in [1.29, 1.82) is 0 Å². The number of aromatic amines is 1. The molecule has 1 unspecified atom stereocenters. The minimum absolute atomic E-state index is 0.377. The second-order valence-electron chi connectivity index (χ2n) is 4.10. The monoisotopic (exact) mass is 210 g/mol. The number of aliphatic carboxylic acids is 1. The van der Waals surface area contributed by atoms with Crippen LogP contribution in [0.25, 0.3) is 0 Å². The summed E-state index contributed by atoms with van der Waals surface area (Å²) in [5.41, 5.74) is 1.00. The summed E-state index contributed by atoms with van der Waals surface area (Å²) in [6.45, 7) is 4.61. The summed E-state index contributed by atoms with van der Waals surface area (Å²) < 4.78 is 0. The molecule has 0 saturated carbocycles. The maximum Gasteiger partial charge on any atom is 0.320 e. The van der Waals surface area contributed by atoms with E-state index in [1.807, 2.05) is 32.2 Å². The van der Waals surface area contributed by atoms with Crippen LogP contribution < -0.4 is 5.32 Å². The van der Waals surface area contributed by atoms with Crippen LogP contribution in [0.4, 0.5) is 0 Å². The molecule has 0 saturated heterocycles. The molecular formula is C11H18N2O2. The van der Waals surface area contributed by atoms with Crippen molar-refractivity contribution < 1.29 is 9.90 Å². The first-order chi connectivity index (χ1) is 7.09. The minimum atomic E-state index is -0.782. The van der Waals surface area contributed by atoms with Crippen LogP contribution in [-0.2, 0) is 11.3 Å². The Hall–Kier alpha value is -1.29. The van der Waals surface area contributed by atoms with Crippen LogP contribution in [0, 0.1) is 5.92 Å². The van der Waals surface area contributed by atoms with Crippen molar-refractivity contribution in [3.63, 3.8) is 0 Å². The van der Waals surface area contributed by atoms with Crippen molar-refractivity contribution >= 4 is 5.97 Å².